The number of ether oxygens (including phenoxy) is 1. The van der Waals surface area contributed by atoms with Crippen LogP contribution in [0.15, 0.2) is 23.1 Å². The molecule has 0 spiro atoms. The molecular weight excluding hydrogens is 336 g/mol. The number of halogens is 1. The van der Waals surface area contributed by atoms with E-state index in [9.17, 15) is 9.59 Å². The second-order valence-electron chi connectivity index (χ2n) is 5.88. The molecular formula is C16H19ClN2O3S. The molecule has 2 aliphatic heterocycles. The van der Waals surface area contributed by atoms with E-state index >= 15 is 0 Å². The zero-order chi connectivity index (χ0) is 16.6. The van der Waals surface area contributed by atoms with Crippen LogP contribution < -0.4 is 10.2 Å². The van der Waals surface area contributed by atoms with Gasteiger partial charge in [-0.2, -0.15) is 0 Å². The Kier molecular flexibility index (Phi) is 4.58. The predicted molar refractivity (Wildman–Crippen MR) is 90.9 cm³/mol. The fourth-order valence-electron chi connectivity index (χ4n) is 3.03. The van der Waals surface area contributed by atoms with Crippen LogP contribution in [0.1, 0.15) is 26.2 Å². The minimum absolute atomic E-state index is 0.0118. The van der Waals surface area contributed by atoms with Gasteiger partial charge in [-0.1, -0.05) is 23.4 Å². The Labute approximate surface area is 144 Å². The van der Waals surface area contributed by atoms with Gasteiger partial charge >= 0.3 is 0 Å². The van der Waals surface area contributed by atoms with Crippen molar-refractivity contribution in [3.63, 3.8) is 0 Å². The third-order valence-electron chi connectivity index (χ3n) is 4.22. The smallest absolute Gasteiger partial charge is 0.257 e. The van der Waals surface area contributed by atoms with Gasteiger partial charge in [0.25, 0.3) is 5.91 Å². The van der Waals surface area contributed by atoms with Crippen molar-refractivity contribution >= 4 is 40.9 Å². The zero-order valence-corrected chi connectivity index (χ0v) is 14.7. The number of rotatable bonds is 5. The molecule has 5 nitrogen and oxygen atoms in total. The molecule has 0 radical (unpaired) electrons. The van der Waals surface area contributed by atoms with Crippen molar-refractivity contribution in [2.45, 2.75) is 42.0 Å². The van der Waals surface area contributed by atoms with E-state index in [1.54, 1.807) is 24.1 Å². The van der Waals surface area contributed by atoms with E-state index < -0.39 is 4.87 Å². The van der Waals surface area contributed by atoms with E-state index in [4.69, 9.17) is 16.3 Å². The molecule has 1 N–H and O–H groups in total. The molecule has 1 fully saturated rings. The number of thioether (sulfide) groups is 1. The van der Waals surface area contributed by atoms with E-state index in [1.807, 2.05) is 13.0 Å². The standard InChI is InChI=1S/C16H19ClN2O3S/c1-10(6-8-22-2)18-15(21)16-7-5-14(20)19(16)12-9-11(17)3-4-13(12)23-16/h3-4,9-10H,5-8H2,1-2H3,(H,18,21)/t10-,16+/m0/s1. The Balaban J connectivity index is 1.86. The molecule has 2 atom stereocenters. The molecule has 0 saturated carbocycles. The third kappa shape index (κ3) is 2.84. The highest BCUT2D eigenvalue weighted by Gasteiger charge is 2.57. The van der Waals surface area contributed by atoms with Gasteiger partial charge in [0.05, 0.1) is 5.69 Å². The highest BCUT2D eigenvalue weighted by molar-refractivity contribution is 8.02. The molecule has 1 saturated heterocycles. The molecule has 0 aromatic heterocycles. The van der Waals surface area contributed by atoms with Crippen molar-refractivity contribution in [1.82, 2.24) is 5.32 Å². The van der Waals surface area contributed by atoms with Crippen LogP contribution in [0.2, 0.25) is 5.02 Å². The first-order chi connectivity index (χ1) is 11.0. The van der Waals surface area contributed by atoms with Crippen LogP contribution in [0.25, 0.3) is 0 Å². The number of benzene rings is 1. The fourth-order valence-corrected chi connectivity index (χ4v) is 4.59. The highest BCUT2D eigenvalue weighted by Crippen LogP contribution is 2.56. The van der Waals surface area contributed by atoms with Crippen molar-refractivity contribution in [2.75, 3.05) is 18.6 Å². The molecule has 1 aromatic rings. The van der Waals surface area contributed by atoms with Crippen LogP contribution in [-0.2, 0) is 14.3 Å². The molecule has 0 unspecified atom stereocenters. The fraction of sp³-hybridized carbons (Fsp3) is 0.500. The molecule has 1 aromatic carbocycles. The first-order valence-electron chi connectivity index (χ1n) is 7.59. The number of fused-ring (bicyclic) bond motifs is 3. The number of nitrogens with one attached hydrogen (secondary N) is 1. The largest absolute Gasteiger partial charge is 0.385 e. The SMILES string of the molecule is COCC[C@H](C)NC(=O)[C@]12CCC(=O)N1c1cc(Cl)ccc1S2. The van der Waals surface area contributed by atoms with Gasteiger partial charge in [0, 0.05) is 36.1 Å². The van der Waals surface area contributed by atoms with Crippen molar-refractivity contribution in [3.8, 4) is 0 Å². The first-order valence-corrected chi connectivity index (χ1v) is 8.79. The summed E-state index contributed by atoms with van der Waals surface area (Å²) in [6.07, 6.45) is 1.61. The Hall–Kier alpha value is -1.24. The van der Waals surface area contributed by atoms with Gasteiger partial charge in [-0.15, -0.1) is 0 Å². The monoisotopic (exact) mass is 354 g/mol. The lowest BCUT2D eigenvalue weighted by Gasteiger charge is -2.31. The van der Waals surface area contributed by atoms with Gasteiger partial charge in [0.1, 0.15) is 0 Å². The molecule has 2 amide bonds. The Morgan fingerprint density at radius 2 is 2.35 bits per heavy atom. The molecule has 2 aliphatic rings. The second kappa shape index (κ2) is 6.34. The number of anilines is 1. The molecule has 2 heterocycles. The maximum absolute atomic E-state index is 12.9. The summed E-state index contributed by atoms with van der Waals surface area (Å²) in [6, 6.07) is 5.41. The van der Waals surface area contributed by atoms with Crippen LogP contribution in [0.4, 0.5) is 5.69 Å². The number of hydrogen-bond donors (Lipinski definition) is 1. The van der Waals surface area contributed by atoms with Gasteiger partial charge < -0.3 is 10.1 Å². The Morgan fingerprint density at radius 1 is 1.57 bits per heavy atom. The molecule has 0 bridgehead atoms. The average molecular weight is 355 g/mol. The Morgan fingerprint density at radius 3 is 3.09 bits per heavy atom. The number of carbonyl (C=O) groups is 2. The molecule has 7 heteroatoms. The van der Waals surface area contributed by atoms with Gasteiger partial charge in [-0.05, 0) is 38.0 Å². The van der Waals surface area contributed by atoms with Crippen LogP contribution in [0, 0.1) is 0 Å². The minimum atomic E-state index is -0.884. The van der Waals surface area contributed by atoms with E-state index in [-0.39, 0.29) is 17.9 Å². The molecule has 124 valence electrons. The Bertz CT molecular complexity index is 654. The summed E-state index contributed by atoms with van der Waals surface area (Å²) >= 11 is 7.51. The quantitative estimate of drug-likeness (QED) is 0.883. The zero-order valence-electron chi connectivity index (χ0n) is 13.1. The van der Waals surface area contributed by atoms with Crippen LogP contribution in [-0.4, -0.2) is 36.4 Å². The number of carbonyl (C=O) groups excluding carboxylic acids is 2. The third-order valence-corrected chi connectivity index (χ3v) is 5.93. The minimum Gasteiger partial charge on any atom is -0.385 e. The topological polar surface area (TPSA) is 58.6 Å². The lowest BCUT2D eigenvalue weighted by atomic mass is 10.1. The first kappa shape index (κ1) is 16.6. The normalized spacial score (nSPS) is 23.6. The van der Waals surface area contributed by atoms with Crippen LogP contribution in [0.5, 0.6) is 0 Å². The van der Waals surface area contributed by atoms with Crippen LogP contribution >= 0.6 is 23.4 Å². The maximum Gasteiger partial charge on any atom is 0.257 e. The summed E-state index contributed by atoms with van der Waals surface area (Å²) in [7, 11) is 1.64. The summed E-state index contributed by atoms with van der Waals surface area (Å²) in [6.45, 7) is 2.53. The van der Waals surface area contributed by atoms with Gasteiger partial charge in [0.15, 0.2) is 4.87 Å². The maximum atomic E-state index is 12.9. The average Bonchev–Trinajstić information content (AvgIpc) is 3.01. The summed E-state index contributed by atoms with van der Waals surface area (Å²) in [5, 5.41) is 3.59. The summed E-state index contributed by atoms with van der Waals surface area (Å²) in [5.74, 6) is -0.150. The second-order valence-corrected chi connectivity index (χ2v) is 7.64. The van der Waals surface area contributed by atoms with Crippen molar-refractivity contribution < 1.29 is 14.3 Å². The number of nitrogens with zero attached hydrogens (tertiary/aromatic N) is 1. The van der Waals surface area contributed by atoms with Gasteiger partial charge in [-0.3, -0.25) is 14.5 Å². The van der Waals surface area contributed by atoms with Crippen molar-refractivity contribution in [1.29, 1.82) is 0 Å². The number of amides is 2. The summed E-state index contributed by atoms with van der Waals surface area (Å²) in [4.78, 5) is 26.9. The number of methoxy groups -OCH3 is 1. The molecule has 23 heavy (non-hydrogen) atoms. The van der Waals surface area contributed by atoms with Gasteiger partial charge in [-0.25, -0.2) is 0 Å². The molecule has 3 rings (SSSR count). The van der Waals surface area contributed by atoms with E-state index in [0.29, 0.717) is 24.5 Å². The van der Waals surface area contributed by atoms with Crippen LogP contribution in [0.3, 0.4) is 0 Å². The summed E-state index contributed by atoms with van der Waals surface area (Å²) in [5.41, 5.74) is 0.740. The lowest BCUT2D eigenvalue weighted by Crippen LogP contribution is -2.54. The summed E-state index contributed by atoms with van der Waals surface area (Å²) < 4.78 is 5.05. The van der Waals surface area contributed by atoms with Crippen molar-refractivity contribution in [2.24, 2.45) is 0 Å². The van der Waals surface area contributed by atoms with E-state index in [2.05, 4.69) is 5.32 Å². The van der Waals surface area contributed by atoms with Crippen molar-refractivity contribution in [3.05, 3.63) is 23.2 Å². The van der Waals surface area contributed by atoms with Gasteiger partial charge in [0.2, 0.25) is 5.91 Å². The molecule has 0 aliphatic carbocycles. The van der Waals surface area contributed by atoms with E-state index in [0.717, 1.165) is 17.0 Å². The predicted octanol–water partition coefficient (Wildman–Crippen LogP) is 2.81. The highest BCUT2D eigenvalue weighted by atomic mass is 35.5. The lowest BCUT2D eigenvalue weighted by molar-refractivity contribution is -0.125. The van der Waals surface area contributed by atoms with E-state index in [1.165, 1.54) is 11.8 Å². The number of hydrogen-bond acceptors (Lipinski definition) is 4.